The van der Waals surface area contributed by atoms with Crippen molar-refractivity contribution in [1.29, 1.82) is 0 Å². The minimum absolute atomic E-state index is 0.0511. The molecule has 0 aliphatic rings. The van der Waals surface area contributed by atoms with Crippen molar-refractivity contribution in [2.24, 2.45) is 0 Å². The van der Waals surface area contributed by atoms with E-state index in [9.17, 15) is 19.7 Å². The van der Waals surface area contributed by atoms with Gasteiger partial charge in [-0.25, -0.2) is 4.79 Å². The summed E-state index contributed by atoms with van der Waals surface area (Å²) in [7, 11) is 1.64. The summed E-state index contributed by atoms with van der Waals surface area (Å²) in [6, 6.07) is 0. The maximum atomic E-state index is 11.7. The van der Waals surface area contributed by atoms with Gasteiger partial charge in [0.1, 0.15) is 0 Å². The number of nitro groups is 1. The number of hydrogen-bond donors (Lipinski definition) is 1. The summed E-state index contributed by atoms with van der Waals surface area (Å²) in [5.41, 5.74) is -2.49. The summed E-state index contributed by atoms with van der Waals surface area (Å²) in [5, 5.41) is 10.8. The van der Waals surface area contributed by atoms with Crippen LogP contribution >= 0.6 is 0 Å². The van der Waals surface area contributed by atoms with Gasteiger partial charge in [0.25, 0.3) is 0 Å². The Bertz CT molecular complexity index is 996. The Labute approximate surface area is 280 Å². The largest absolute Gasteiger partial charge is 0.382 e. The average Bonchev–Trinajstić information content (AvgIpc) is 3.07. The summed E-state index contributed by atoms with van der Waals surface area (Å²) in [5.74, 6) is 0. The van der Waals surface area contributed by atoms with E-state index in [1.165, 1.54) is 0 Å². The molecule has 1 aromatic rings. The molecule has 48 heavy (non-hydrogen) atoms. The van der Waals surface area contributed by atoms with E-state index in [4.69, 9.17) is 56.8 Å². The van der Waals surface area contributed by atoms with Crippen LogP contribution in [0, 0.1) is 10.1 Å². The van der Waals surface area contributed by atoms with Gasteiger partial charge in [-0.2, -0.15) is 0 Å². The van der Waals surface area contributed by atoms with Crippen LogP contribution in [0.4, 0.5) is 5.69 Å². The van der Waals surface area contributed by atoms with Gasteiger partial charge in [0.15, 0.2) is 0 Å². The van der Waals surface area contributed by atoms with E-state index < -0.39 is 21.9 Å². The molecule has 0 aliphatic heterocycles. The second-order valence-electron chi connectivity index (χ2n) is 9.45. The molecular formula is C29H53N3O16. The summed E-state index contributed by atoms with van der Waals surface area (Å²) < 4.78 is 65.4. The first kappa shape index (κ1) is 43.6. The molecule has 1 aromatic heterocycles. The number of aromatic amines is 1. The van der Waals surface area contributed by atoms with Crippen LogP contribution in [0.5, 0.6) is 0 Å². The summed E-state index contributed by atoms with van der Waals surface area (Å²) in [6.45, 7) is 10.4. The molecule has 0 saturated carbocycles. The highest BCUT2D eigenvalue weighted by Crippen LogP contribution is 1.98. The molecule has 0 atom stereocenters. The highest BCUT2D eigenvalue weighted by molar-refractivity contribution is 5.20. The van der Waals surface area contributed by atoms with Crippen LogP contribution in [0.15, 0.2) is 15.8 Å². The summed E-state index contributed by atoms with van der Waals surface area (Å²) in [6.07, 6.45) is 0.897. The third-order valence-corrected chi connectivity index (χ3v) is 5.82. The normalized spacial score (nSPS) is 11.4. The molecule has 1 rings (SSSR count). The van der Waals surface area contributed by atoms with E-state index >= 15 is 0 Å². The molecule has 0 spiro atoms. The highest BCUT2D eigenvalue weighted by Gasteiger charge is 2.14. The van der Waals surface area contributed by atoms with Crippen molar-refractivity contribution in [2.75, 3.05) is 159 Å². The second-order valence-corrected chi connectivity index (χ2v) is 9.45. The van der Waals surface area contributed by atoms with Gasteiger partial charge in [-0.15, -0.1) is 0 Å². The van der Waals surface area contributed by atoms with Crippen molar-refractivity contribution in [2.45, 2.75) is 6.54 Å². The molecule has 0 amide bonds. The molecule has 0 aliphatic carbocycles. The molecule has 0 unspecified atom stereocenters. The standard InChI is InChI=1S/C29H53N3O16/c1-37-4-5-39-8-9-41-12-13-43-16-17-45-20-21-47-24-25-48-23-22-46-19-18-44-15-14-42-11-10-40-7-6-38-3-2-31-26-27(32(35)36)28(33)30-29(31)34/h26H,2-25H2,1H3,(H,30,33,34). The maximum absolute atomic E-state index is 11.7. The molecular weight excluding hydrogens is 646 g/mol. The number of methoxy groups -OCH3 is 1. The van der Waals surface area contributed by atoms with Crippen LogP contribution in [0.3, 0.4) is 0 Å². The van der Waals surface area contributed by atoms with Crippen LogP contribution in [0.25, 0.3) is 0 Å². The van der Waals surface area contributed by atoms with Crippen molar-refractivity contribution in [1.82, 2.24) is 9.55 Å². The molecule has 1 heterocycles. The zero-order chi connectivity index (χ0) is 34.8. The molecule has 19 heteroatoms. The predicted molar refractivity (Wildman–Crippen MR) is 169 cm³/mol. The van der Waals surface area contributed by atoms with Crippen LogP contribution in [0.1, 0.15) is 0 Å². The molecule has 0 saturated heterocycles. The number of nitrogens with one attached hydrogen (secondary N) is 1. The lowest BCUT2D eigenvalue weighted by atomic mass is 10.5. The zero-order valence-corrected chi connectivity index (χ0v) is 28.0. The van der Waals surface area contributed by atoms with Gasteiger partial charge < -0.3 is 56.8 Å². The Kier molecular flexibility index (Phi) is 30.1. The smallest absolute Gasteiger partial charge is 0.350 e. The number of H-pyrrole nitrogens is 1. The van der Waals surface area contributed by atoms with Gasteiger partial charge in [-0.05, 0) is 0 Å². The van der Waals surface area contributed by atoms with E-state index in [0.717, 1.165) is 10.8 Å². The molecule has 0 fully saturated rings. The molecule has 0 bridgehead atoms. The van der Waals surface area contributed by atoms with Crippen LogP contribution < -0.4 is 11.2 Å². The molecule has 0 aromatic carbocycles. The van der Waals surface area contributed by atoms with Crippen molar-refractivity contribution < 1.29 is 61.8 Å². The van der Waals surface area contributed by atoms with Crippen LogP contribution in [-0.2, 0) is 63.4 Å². The monoisotopic (exact) mass is 699 g/mol. The molecule has 19 nitrogen and oxygen atoms in total. The number of nitrogens with zero attached hydrogens (tertiary/aromatic N) is 2. The van der Waals surface area contributed by atoms with Gasteiger partial charge in [-0.3, -0.25) is 24.5 Å². The quantitative estimate of drug-likeness (QED) is 0.0516. The van der Waals surface area contributed by atoms with E-state index in [1.807, 2.05) is 4.98 Å². The Morgan fingerprint density at radius 2 is 0.792 bits per heavy atom. The first-order valence-electron chi connectivity index (χ1n) is 15.9. The lowest BCUT2D eigenvalue weighted by Gasteiger charge is -2.09. The fourth-order valence-corrected chi connectivity index (χ4v) is 3.40. The van der Waals surface area contributed by atoms with Gasteiger partial charge in [0.2, 0.25) is 0 Å². The molecule has 1 N–H and O–H groups in total. The maximum Gasteiger partial charge on any atom is 0.350 e. The zero-order valence-electron chi connectivity index (χ0n) is 28.0. The summed E-state index contributed by atoms with van der Waals surface area (Å²) >= 11 is 0. The third-order valence-electron chi connectivity index (χ3n) is 5.82. The number of rotatable bonds is 37. The SMILES string of the molecule is COCCOCCOCCOCCOCCOCCOCCOCCOCCOCCOCCOCCn1cc([N+](=O)[O-])c(=O)[nH]c1=O. The van der Waals surface area contributed by atoms with E-state index in [-0.39, 0.29) is 19.8 Å². The number of ether oxygens (including phenoxy) is 12. The third kappa shape index (κ3) is 26.5. The second kappa shape index (κ2) is 33.1. The van der Waals surface area contributed by atoms with Crippen molar-refractivity contribution >= 4 is 5.69 Å². The number of aromatic nitrogens is 2. The van der Waals surface area contributed by atoms with Gasteiger partial charge in [0, 0.05) is 7.11 Å². The predicted octanol–water partition coefficient (Wildman–Crippen LogP) is -0.726. The van der Waals surface area contributed by atoms with E-state index in [2.05, 4.69) is 0 Å². The number of hydrogen-bond acceptors (Lipinski definition) is 16. The Balaban J connectivity index is 1.70. The van der Waals surface area contributed by atoms with Crippen molar-refractivity contribution in [3.8, 4) is 0 Å². The van der Waals surface area contributed by atoms with E-state index in [0.29, 0.717) is 139 Å². The Morgan fingerprint density at radius 1 is 0.521 bits per heavy atom. The first-order chi connectivity index (χ1) is 23.6. The highest BCUT2D eigenvalue weighted by atomic mass is 16.6. The fraction of sp³-hybridized carbons (Fsp3) is 0.862. The van der Waals surface area contributed by atoms with Gasteiger partial charge in [-0.1, -0.05) is 0 Å². The lowest BCUT2D eigenvalue weighted by molar-refractivity contribution is -0.386. The molecule has 280 valence electrons. The van der Waals surface area contributed by atoms with Gasteiger partial charge in [0.05, 0.1) is 170 Å². The van der Waals surface area contributed by atoms with Gasteiger partial charge >= 0.3 is 16.9 Å². The van der Waals surface area contributed by atoms with Crippen molar-refractivity contribution in [3.05, 3.63) is 37.1 Å². The Hall–Kier alpha value is -2.40. The average molecular weight is 700 g/mol. The van der Waals surface area contributed by atoms with Crippen LogP contribution in [0.2, 0.25) is 0 Å². The summed E-state index contributed by atoms with van der Waals surface area (Å²) in [4.78, 5) is 34.9. The first-order valence-corrected chi connectivity index (χ1v) is 15.9. The minimum Gasteiger partial charge on any atom is -0.382 e. The Morgan fingerprint density at radius 3 is 1.06 bits per heavy atom. The van der Waals surface area contributed by atoms with Crippen molar-refractivity contribution in [3.63, 3.8) is 0 Å². The topological polar surface area (TPSA) is 209 Å². The molecule has 0 radical (unpaired) electrons. The van der Waals surface area contributed by atoms with Crippen LogP contribution in [-0.4, -0.2) is 174 Å². The minimum atomic E-state index is -1.04. The van der Waals surface area contributed by atoms with E-state index in [1.54, 1.807) is 7.11 Å². The lowest BCUT2D eigenvalue weighted by Crippen LogP contribution is -2.31. The fourth-order valence-electron chi connectivity index (χ4n) is 3.40.